The molecule has 0 amide bonds. The van der Waals surface area contributed by atoms with Gasteiger partial charge in [-0.25, -0.2) is 0 Å². The third kappa shape index (κ3) is 5.06. The second-order valence-corrected chi connectivity index (χ2v) is 10.6. The molecule has 6 atom stereocenters. The Bertz CT molecular complexity index is 1860. The molecule has 6 rings (SSSR count). The number of phenolic OH excluding ortho intramolecular Hbond substituents is 5. The number of aliphatic hydroxyl groups is 3. The van der Waals surface area contributed by atoms with Crippen LogP contribution in [0.1, 0.15) is 23.5 Å². The van der Waals surface area contributed by atoms with Gasteiger partial charge in [-0.15, -0.1) is 0 Å². The van der Waals surface area contributed by atoms with Crippen molar-refractivity contribution in [3.63, 3.8) is 0 Å². The molecule has 0 unspecified atom stereocenters. The summed E-state index contributed by atoms with van der Waals surface area (Å²) in [5, 5.41) is 94.4. The molecule has 2 aliphatic rings. The minimum absolute atomic E-state index is 0.128. The summed E-state index contributed by atoms with van der Waals surface area (Å²) in [4.78, 5) is 26.7. The molecule has 4 aromatic rings. The molecule has 9 N–H and O–H groups in total. The summed E-state index contributed by atoms with van der Waals surface area (Å²) in [5.74, 6) is -7.66. The Morgan fingerprint density at radius 1 is 0.756 bits per heavy atom. The van der Waals surface area contributed by atoms with Gasteiger partial charge in [0.2, 0.25) is 23.2 Å². The number of aliphatic hydroxyl groups excluding tert-OH is 3. The van der Waals surface area contributed by atoms with Gasteiger partial charge in [0.15, 0.2) is 17.3 Å². The summed E-state index contributed by atoms with van der Waals surface area (Å²) in [7, 11) is 0. The topological polar surface area (TPSA) is 257 Å². The second-order valence-electron chi connectivity index (χ2n) is 10.6. The Kier molecular flexibility index (Phi) is 7.33. The van der Waals surface area contributed by atoms with E-state index in [2.05, 4.69) is 0 Å². The molecule has 0 saturated carbocycles. The van der Waals surface area contributed by atoms with Crippen LogP contribution >= 0.6 is 0 Å². The molecular weight excluding hydrogens is 600 g/mol. The van der Waals surface area contributed by atoms with Gasteiger partial charge >= 0.3 is 5.97 Å². The van der Waals surface area contributed by atoms with Gasteiger partial charge in [-0.3, -0.25) is 9.59 Å². The second kappa shape index (κ2) is 11.0. The minimum Gasteiger partial charge on any atom is -0.508 e. The maximum atomic E-state index is 13.4. The number of carbonyl (C=O) groups excluding carboxylic acids is 1. The molecule has 2 aliphatic heterocycles. The lowest BCUT2D eigenvalue weighted by atomic mass is 9.86. The van der Waals surface area contributed by atoms with Crippen LogP contribution in [0.15, 0.2) is 51.7 Å². The van der Waals surface area contributed by atoms with Crippen LogP contribution in [-0.4, -0.2) is 89.2 Å². The number of phenols is 5. The van der Waals surface area contributed by atoms with Gasteiger partial charge in [0.25, 0.3) is 0 Å². The highest BCUT2D eigenvalue weighted by Crippen LogP contribution is 2.47. The molecule has 3 heterocycles. The first-order valence-corrected chi connectivity index (χ1v) is 13.5. The van der Waals surface area contributed by atoms with Crippen LogP contribution in [0.3, 0.4) is 0 Å². The van der Waals surface area contributed by atoms with E-state index in [0.29, 0.717) is 5.56 Å². The molecule has 0 spiro atoms. The third-order valence-electron chi connectivity index (χ3n) is 7.79. The van der Waals surface area contributed by atoms with Crippen molar-refractivity contribution >= 4 is 16.9 Å². The van der Waals surface area contributed by atoms with Crippen molar-refractivity contribution < 1.29 is 69.4 Å². The SMILES string of the molecule is O=C1C[C@@H](c2ccc(O)cc2)c2c(O)cc(O)c3c(=O)c(O)c(oc23)-c2cc(O)c(O)c(c2)O[C@@H]2O[C@H](CO1)[C@@H](O)[C@@H](O)[C@@H]2O. The van der Waals surface area contributed by atoms with Gasteiger partial charge in [0, 0.05) is 23.1 Å². The van der Waals surface area contributed by atoms with Crippen molar-refractivity contribution in [2.24, 2.45) is 0 Å². The molecule has 45 heavy (non-hydrogen) atoms. The first-order chi connectivity index (χ1) is 21.3. The molecule has 15 nitrogen and oxygen atoms in total. The Balaban J connectivity index is 1.65. The quantitative estimate of drug-likeness (QED) is 0.105. The van der Waals surface area contributed by atoms with Crippen molar-refractivity contribution in [3.05, 3.63) is 63.8 Å². The zero-order valence-corrected chi connectivity index (χ0v) is 22.9. The van der Waals surface area contributed by atoms with Gasteiger partial charge in [0.05, 0.1) is 6.42 Å². The van der Waals surface area contributed by atoms with E-state index in [9.17, 15) is 55.5 Å². The molecule has 1 aromatic heterocycles. The van der Waals surface area contributed by atoms with Crippen LogP contribution in [0.4, 0.5) is 0 Å². The molecule has 1 saturated heterocycles. The summed E-state index contributed by atoms with van der Waals surface area (Å²) < 4.78 is 22.3. The van der Waals surface area contributed by atoms with E-state index in [1.807, 2.05) is 0 Å². The Morgan fingerprint density at radius 3 is 2.18 bits per heavy atom. The smallest absolute Gasteiger partial charge is 0.306 e. The lowest BCUT2D eigenvalue weighted by Crippen LogP contribution is -2.60. The van der Waals surface area contributed by atoms with E-state index in [1.54, 1.807) is 0 Å². The fourth-order valence-electron chi connectivity index (χ4n) is 5.46. The Morgan fingerprint density at radius 2 is 1.47 bits per heavy atom. The highest BCUT2D eigenvalue weighted by atomic mass is 16.7. The van der Waals surface area contributed by atoms with E-state index in [4.69, 9.17) is 18.6 Å². The van der Waals surface area contributed by atoms with E-state index in [-0.39, 0.29) is 16.9 Å². The maximum absolute atomic E-state index is 13.4. The molecule has 0 radical (unpaired) electrons. The number of aromatic hydroxyl groups is 6. The van der Waals surface area contributed by atoms with Gasteiger partial charge in [-0.2, -0.15) is 0 Å². The molecule has 6 bridgehead atoms. The van der Waals surface area contributed by atoms with Crippen LogP contribution < -0.4 is 10.2 Å². The average molecular weight is 627 g/mol. The highest BCUT2D eigenvalue weighted by Gasteiger charge is 2.46. The molecule has 236 valence electrons. The molecule has 0 aliphatic carbocycles. The van der Waals surface area contributed by atoms with Crippen molar-refractivity contribution in [1.29, 1.82) is 0 Å². The van der Waals surface area contributed by atoms with Crippen LogP contribution in [0.25, 0.3) is 22.3 Å². The number of rotatable bonds is 1. The number of esters is 1. The molecular formula is C30H26O15. The van der Waals surface area contributed by atoms with Crippen LogP contribution in [0.2, 0.25) is 0 Å². The third-order valence-corrected chi connectivity index (χ3v) is 7.79. The fraction of sp³-hybridized carbons (Fsp3) is 0.267. The minimum atomic E-state index is -1.91. The van der Waals surface area contributed by atoms with Gasteiger partial charge in [0.1, 0.15) is 59.2 Å². The van der Waals surface area contributed by atoms with Crippen LogP contribution in [0.5, 0.6) is 40.2 Å². The Labute approximate surface area is 251 Å². The Hall–Kier alpha value is -5.22. The average Bonchev–Trinajstić information content (AvgIpc) is 2.99. The molecule has 3 aromatic carbocycles. The van der Waals surface area contributed by atoms with E-state index in [1.165, 1.54) is 24.3 Å². The monoisotopic (exact) mass is 626 g/mol. The van der Waals surface area contributed by atoms with Crippen LogP contribution in [0, 0.1) is 0 Å². The first kappa shape index (κ1) is 29.8. The van der Waals surface area contributed by atoms with E-state index < -0.39 is 112 Å². The van der Waals surface area contributed by atoms with Gasteiger partial charge in [-0.1, -0.05) is 12.1 Å². The fourth-order valence-corrected chi connectivity index (χ4v) is 5.46. The highest BCUT2D eigenvalue weighted by molar-refractivity contribution is 5.92. The lowest BCUT2D eigenvalue weighted by Gasteiger charge is -2.40. The van der Waals surface area contributed by atoms with Gasteiger partial charge < -0.3 is 64.6 Å². The van der Waals surface area contributed by atoms with Crippen molar-refractivity contribution in [2.75, 3.05) is 6.61 Å². The summed E-state index contributed by atoms with van der Waals surface area (Å²) in [6, 6.07) is 8.14. The zero-order chi connectivity index (χ0) is 32.3. The summed E-state index contributed by atoms with van der Waals surface area (Å²) in [5.41, 5.74) is -1.81. The molecule has 1 fully saturated rings. The summed E-state index contributed by atoms with van der Waals surface area (Å²) >= 11 is 0. The largest absolute Gasteiger partial charge is 0.508 e. The zero-order valence-electron chi connectivity index (χ0n) is 22.9. The van der Waals surface area contributed by atoms with Gasteiger partial charge in [-0.05, 0) is 29.8 Å². The maximum Gasteiger partial charge on any atom is 0.306 e. The van der Waals surface area contributed by atoms with Crippen molar-refractivity contribution in [2.45, 2.75) is 43.0 Å². The number of carbonyl (C=O) groups is 1. The number of hydrogen-bond donors (Lipinski definition) is 9. The number of hydrogen-bond acceptors (Lipinski definition) is 15. The molecule has 15 heteroatoms. The number of benzene rings is 3. The van der Waals surface area contributed by atoms with E-state index >= 15 is 0 Å². The predicted molar refractivity (Wildman–Crippen MR) is 149 cm³/mol. The number of ether oxygens (including phenoxy) is 3. The lowest BCUT2D eigenvalue weighted by molar-refractivity contribution is -0.278. The van der Waals surface area contributed by atoms with Crippen LogP contribution in [-0.2, 0) is 14.3 Å². The normalized spacial score (nSPS) is 25.1. The summed E-state index contributed by atoms with van der Waals surface area (Å²) in [6.07, 6.45) is -9.37. The number of fused-ring (bicyclic) bond motifs is 6. The summed E-state index contributed by atoms with van der Waals surface area (Å²) in [6.45, 7) is -0.668. The standard InChI is InChI=1S/C30H26O15/c31-12-3-1-10(2-4-12)13-7-19(35)42-9-18-23(37)25(39)27(41)30(44-18)43-17-6-11(5-16(34)22(17)36)28-26(40)24(38)21-15(33)8-14(32)20(13)29(21)45-28/h1-6,8,13,18,23,25,27,30-34,36-37,39-41H,7,9H2/t13-,18+,23+,25+,27-,30+/m0/s1. The van der Waals surface area contributed by atoms with Crippen molar-refractivity contribution in [3.8, 4) is 51.6 Å². The van der Waals surface area contributed by atoms with E-state index in [0.717, 1.165) is 18.2 Å². The van der Waals surface area contributed by atoms with Crippen molar-refractivity contribution in [1.82, 2.24) is 0 Å². The number of cyclic esters (lactones) is 1. The predicted octanol–water partition coefficient (Wildman–Crippen LogP) is 0.959. The first-order valence-electron chi connectivity index (χ1n) is 13.5.